The van der Waals surface area contributed by atoms with E-state index in [0.717, 1.165) is 0 Å². The zero-order valence-corrected chi connectivity index (χ0v) is 5.82. The fourth-order valence-electron chi connectivity index (χ4n) is 0.102. The van der Waals surface area contributed by atoms with E-state index in [2.05, 4.69) is 9.74 Å². The molecule has 0 bridgehead atoms. The second-order valence-corrected chi connectivity index (χ2v) is 1.15. The van der Waals surface area contributed by atoms with Gasteiger partial charge in [0.05, 0.1) is 0 Å². The molecule has 0 aliphatic rings. The molecule has 1 N–H and O–H groups in total. The largest absolute Gasteiger partial charge is 0.513 e. The highest BCUT2D eigenvalue weighted by molar-refractivity contribution is 6.04. The van der Waals surface area contributed by atoms with Crippen molar-refractivity contribution in [2.24, 2.45) is 0 Å². The molecule has 0 aliphatic heterocycles. The van der Waals surface area contributed by atoms with Gasteiger partial charge in [0.15, 0.2) is 0 Å². The fourth-order valence-corrected chi connectivity index (χ4v) is 0.306. The summed E-state index contributed by atoms with van der Waals surface area (Å²) >= 11 is 0. The maximum absolute atomic E-state index is 9.88. The Labute approximate surface area is 39.2 Å². The van der Waals surface area contributed by atoms with Gasteiger partial charge in [-0.3, -0.25) is 0 Å². The van der Waals surface area contributed by atoms with E-state index in [1.807, 2.05) is 0 Å². The molecule has 0 rings (SSSR count). The Kier molecular flexibility index (Phi) is 2.48. The molecule has 1 amide bonds. The van der Waals surface area contributed by atoms with Crippen LogP contribution in [0.2, 0.25) is 0 Å². The predicted molar refractivity (Wildman–Crippen MR) is 25.5 cm³/mol. The lowest BCUT2D eigenvalue weighted by Crippen LogP contribution is -2.17. The van der Waals surface area contributed by atoms with E-state index in [1.54, 1.807) is 0 Å². The molecule has 0 aromatic carbocycles. The Balaban J connectivity index is 2.99. The van der Waals surface area contributed by atoms with Crippen LogP contribution in [0.25, 0.3) is 0 Å². The first-order chi connectivity index (χ1) is 2.81. The van der Waals surface area contributed by atoms with Crippen LogP contribution in [0, 0.1) is 0 Å². The zero-order valence-electron chi connectivity index (χ0n) is 3.82. The first-order valence-electron chi connectivity index (χ1n) is 1.57. The van der Waals surface area contributed by atoms with Gasteiger partial charge < -0.3 is 9.74 Å². The van der Waals surface area contributed by atoms with E-state index in [1.165, 1.54) is 7.05 Å². The van der Waals surface area contributed by atoms with Gasteiger partial charge in [0.1, 0.15) is 0 Å². The predicted octanol–water partition coefficient (Wildman–Crippen LogP) is -1.38. The van der Waals surface area contributed by atoms with Crippen molar-refractivity contribution in [3.63, 3.8) is 0 Å². The lowest BCUT2D eigenvalue weighted by atomic mass is 11.1. The van der Waals surface area contributed by atoms with Crippen molar-refractivity contribution in [1.29, 1.82) is 0 Å². The summed E-state index contributed by atoms with van der Waals surface area (Å²) in [7, 11) is 2.00. The van der Waals surface area contributed by atoms with Gasteiger partial charge in [-0.1, -0.05) is 0 Å². The highest BCUT2D eigenvalue weighted by Gasteiger charge is 1.84. The summed E-state index contributed by atoms with van der Waals surface area (Å²) in [4.78, 5) is 9.88. The van der Waals surface area contributed by atoms with Crippen molar-refractivity contribution in [2.75, 3.05) is 7.05 Å². The maximum atomic E-state index is 9.88. The number of nitrogens with one attached hydrogen (secondary N) is 1. The minimum absolute atomic E-state index is 0.346. The van der Waals surface area contributed by atoms with Crippen molar-refractivity contribution in [3.8, 4) is 0 Å². The standard InChI is InChI=1S/C2H7NO2Si/c1-3-2(4)5-6/h1,6H3,(H,3,4). The summed E-state index contributed by atoms with van der Waals surface area (Å²) in [5.41, 5.74) is 0. The summed E-state index contributed by atoms with van der Waals surface area (Å²) in [5, 5.41) is 2.29. The van der Waals surface area contributed by atoms with Crippen LogP contribution in [0.1, 0.15) is 0 Å². The molecule has 0 aliphatic carbocycles. The van der Waals surface area contributed by atoms with Crippen molar-refractivity contribution in [2.45, 2.75) is 0 Å². The average Bonchev–Trinajstić information content (AvgIpc) is 1.65. The smallest absolute Gasteiger partial charge is 0.392 e. The van der Waals surface area contributed by atoms with Gasteiger partial charge in [0.2, 0.25) is 10.5 Å². The SMILES string of the molecule is CNC(=O)O[SiH3]. The van der Waals surface area contributed by atoms with E-state index in [9.17, 15) is 4.79 Å². The minimum Gasteiger partial charge on any atom is -0.513 e. The quantitative estimate of drug-likeness (QED) is 0.386. The molecule has 0 aromatic heterocycles. The van der Waals surface area contributed by atoms with Gasteiger partial charge >= 0.3 is 6.09 Å². The Bertz CT molecular complexity index is 49.5. The van der Waals surface area contributed by atoms with Crippen LogP contribution in [0.3, 0.4) is 0 Å². The number of rotatable bonds is 0. The molecule has 0 radical (unpaired) electrons. The monoisotopic (exact) mass is 105 g/mol. The van der Waals surface area contributed by atoms with Crippen LogP contribution in [-0.4, -0.2) is 23.6 Å². The average molecular weight is 105 g/mol. The fraction of sp³-hybridized carbons (Fsp3) is 0.500. The van der Waals surface area contributed by atoms with Gasteiger partial charge in [-0.05, 0) is 0 Å². The second kappa shape index (κ2) is 2.71. The molecule has 0 aromatic rings. The molecule has 0 heterocycles. The van der Waals surface area contributed by atoms with Crippen LogP contribution in [-0.2, 0) is 4.43 Å². The van der Waals surface area contributed by atoms with E-state index in [-0.39, 0.29) is 6.09 Å². The second-order valence-electron chi connectivity index (χ2n) is 0.742. The topological polar surface area (TPSA) is 38.3 Å². The van der Waals surface area contributed by atoms with Gasteiger partial charge in [0, 0.05) is 7.05 Å². The van der Waals surface area contributed by atoms with Crippen LogP contribution in [0.4, 0.5) is 4.79 Å². The van der Waals surface area contributed by atoms with Crippen molar-refractivity contribution in [3.05, 3.63) is 0 Å². The first-order valence-corrected chi connectivity index (χ1v) is 2.38. The van der Waals surface area contributed by atoms with Crippen molar-refractivity contribution >= 4 is 16.6 Å². The molecule has 4 heteroatoms. The van der Waals surface area contributed by atoms with Crippen LogP contribution < -0.4 is 5.32 Å². The Morgan fingerprint density at radius 2 is 2.50 bits per heavy atom. The summed E-state index contributed by atoms with van der Waals surface area (Å²) < 4.78 is 4.29. The molecular weight excluding hydrogens is 98.1 g/mol. The number of carbonyl (C=O) groups is 1. The highest BCUT2D eigenvalue weighted by atomic mass is 28.2. The third kappa shape index (κ3) is 1.77. The molecule has 0 saturated heterocycles. The molecule has 0 fully saturated rings. The van der Waals surface area contributed by atoms with Gasteiger partial charge in [-0.2, -0.15) is 0 Å². The molecule has 36 valence electrons. The normalized spacial score (nSPS) is 7.50. The van der Waals surface area contributed by atoms with Gasteiger partial charge in [-0.25, -0.2) is 4.79 Å². The van der Waals surface area contributed by atoms with Crippen molar-refractivity contribution < 1.29 is 9.22 Å². The van der Waals surface area contributed by atoms with Gasteiger partial charge in [-0.15, -0.1) is 0 Å². The maximum Gasteiger partial charge on any atom is 0.392 e. The third-order valence-corrected chi connectivity index (χ3v) is 0.760. The molecule has 6 heavy (non-hydrogen) atoms. The highest BCUT2D eigenvalue weighted by Crippen LogP contribution is 1.60. The number of amides is 1. The number of hydrogen-bond donors (Lipinski definition) is 1. The zero-order chi connectivity index (χ0) is 4.99. The molecule has 3 nitrogen and oxygen atoms in total. The number of carbonyl (C=O) groups excluding carboxylic acids is 1. The third-order valence-electron chi connectivity index (χ3n) is 0.390. The van der Waals surface area contributed by atoms with Crippen LogP contribution in [0.5, 0.6) is 0 Å². The Morgan fingerprint density at radius 1 is 2.00 bits per heavy atom. The van der Waals surface area contributed by atoms with Crippen LogP contribution in [0.15, 0.2) is 0 Å². The van der Waals surface area contributed by atoms with E-state index < -0.39 is 0 Å². The lowest BCUT2D eigenvalue weighted by molar-refractivity contribution is 0.207. The summed E-state index contributed by atoms with van der Waals surface area (Å²) in [6, 6.07) is 0. The van der Waals surface area contributed by atoms with E-state index in [4.69, 9.17) is 0 Å². The lowest BCUT2D eigenvalue weighted by Gasteiger charge is -1.91. The van der Waals surface area contributed by atoms with E-state index >= 15 is 0 Å². The summed E-state index contributed by atoms with van der Waals surface area (Å²) in [6.45, 7) is 0. The summed E-state index contributed by atoms with van der Waals surface area (Å²) in [5.74, 6) is 0. The molecule has 0 saturated carbocycles. The van der Waals surface area contributed by atoms with Crippen LogP contribution >= 0.6 is 0 Å². The molecule has 0 atom stereocenters. The molecule has 0 unspecified atom stereocenters. The Morgan fingerprint density at radius 3 is 2.50 bits per heavy atom. The first kappa shape index (κ1) is 5.49. The van der Waals surface area contributed by atoms with E-state index in [0.29, 0.717) is 10.5 Å². The van der Waals surface area contributed by atoms with Crippen molar-refractivity contribution in [1.82, 2.24) is 5.32 Å². The number of hydrogen-bond acceptors (Lipinski definition) is 2. The summed E-state index contributed by atoms with van der Waals surface area (Å²) in [6.07, 6.45) is -0.346. The molecule has 0 spiro atoms. The Hall–Kier alpha value is -0.513. The molecular formula is C2H7NO2Si. The van der Waals surface area contributed by atoms with Gasteiger partial charge in [0.25, 0.3) is 0 Å². The minimum atomic E-state index is -0.346.